The Kier molecular flexibility index (Phi) is 24.4. The van der Waals surface area contributed by atoms with E-state index in [1.54, 1.807) is 79.9 Å². The third kappa shape index (κ3) is 19.8. The highest BCUT2D eigenvalue weighted by molar-refractivity contribution is 7.80. The summed E-state index contributed by atoms with van der Waals surface area (Å²) in [6.07, 6.45) is 1.63. The van der Waals surface area contributed by atoms with E-state index in [4.69, 9.17) is 4.74 Å². The number of carbonyl (C=O) groups excluding carboxylic acids is 7. The van der Waals surface area contributed by atoms with Crippen molar-refractivity contribution < 1.29 is 68.0 Å². The number of carboxylic acid groups (broad SMARTS) is 3. The minimum absolute atomic E-state index is 0.0102. The van der Waals surface area contributed by atoms with Crippen molar-refractivity contribution in [3.63, 3.8) is 0 Å². The summed E-state index contributed by atoms with van der Waals surface area (Å²) in [5, 5.41) is 46.9. The summed E-state index contributed by atoms with van der Waals surface area (Å²) < 4.78 is 5.20. The molecule has 4 rings (SSSR count). The average Bonchev–Trinajstić information content (AvgIpc) is 3.37. The quantitative estimate of drug-likeness (QED) is 0.0427. The number of carboxylic acids is 3. The Morgan fingerprint density at radius 2 is 1.05 bits per heavy atom. The van der Waals surface area contributed by atoms with Gasteiger partial charge in [-0.15, -0.1) is 0 Å². The van der Waals surface area contributed by atoms with Crippen LogP contribution in [-0.4, -0.2) is 130 Å². The number of amides is 7. The molecule has 0 unspecified atom stereocenters. The Morgan fingerprint density at radius 3 is 1.55 bits per heavy atom. The van der Waals surface area contributed by atoms with Gasteiger partial charge in [-0.05, 0) is 60.4 Å². The first-order valence-corrected chi connectivity index (χ1v) is 25.1. The predicted molar refractivity (Wildman–Crippen MR) is 273 cm³/mol. The van der Waals surface area contributed by atoms with Gasteiger partial charge in [0, 0.05) is 38.0 Å². The Morgan fingerprint density at radius 1 is 0.568 bits per heavy atom. The number of hydrogen-bond donors (Lipinski definition) is 11. The van der Waals surface area contributed by atoms with E-state index in [2.05, 4.69) is 49.8 Å². The van der Waals surface area contributed by atoms with Gasteiger partial charge in [0.2, 0.25) is 41.4 Å². The molecule has 1 aliphatic carbocycles. The number of rotatable bonds is 30. The number of benzene rings is 3. The summed E-state index contributed by atoms with van der Waals surface area (Å²) in [5.41, 5.74) is 1.87. The molecule has 0 radical (unpaired) electrons. The molecule has 400 valence electrons. The van der Waals surface area contributed by atoms with Crippen LogP contribution in [0.15, 0.2) is 84.9 Å². The van der Waals surface area contributed by atoms with E-state index in [9.17, 15) is 58.5 Å². The fourth-order valence-corrected chi connectivity index (χ4v) is 8.92. The van der Waals surface area contributed by atoms with Crippen molar-refractivity contribution in [3.05, 3.63) is 102 Å². The topological polar surface area (TPSA) is 325 Å². The van der Waals surface area contributed by atoms with Crippen molar-refractivity contribution in [3.8, 4) is 5.75 Å². The molecule has 3 aromatic carbocycles. The molecule has 1 saturated carbocycles. The Hall–Kier alpha value is -7.49. The van der Waals surface area contributed by atoms with E-state index in [1.165, 1.54) is 0 Å². The van der Waals surface area contributed by atoms with Crippen LogP contribution in [0, 0.1) is 5.92 Å². The third-order valence-corrected chi connectivity index (χ3v) is 12.8. The SMILES string of the molecule is COc1ccc(CCNC(=O)[C@H](CS)NC(=O)[C@H](CC2CCCCC2)NC(=O)[C@H](CCC(=O)O)NC(=O)[C@@H](NC(=O)[C@H](CCC(=O)O)NC(=O)[C@H](CC(=O)O)NC(C)=O)C(c2ccccc2)c2ccccc2)cc1. The first-order valence-electron chi connectivity index (χ1n) is 24.4. The summed E-state index contributed by atoms with van der Waals surface area (Å²) in [4.78, 5) is 132. The molecule has 0 aliphatic heterocycles. The van der Waals surface area contributed by atoms with Crippen molar-refractivity contribution in [2.45, 2.75) is 126 Å². The van der Waals surface area contributed by atoms with Crippen LogP contribution in [0.1, 0.15) is 100 Å². The lowest BCUT2D eigenvalue weighted by Gasteiger charge is -2.32. The molecule has 22 heteroatoms. The first kappa shape index (κ1) is 59.1. The van der Waals surface area contributed by atoms with Crippen molar-refractivity contribution in [2.24, 2.45) is 5.92 Å². The maximum absolute atomic E-state index is 15.0. The van der Waals surface area contributed by atoms with Gasteiger partial charge < -0.3 is 57.3 Å². The van der Waals surface area contributed by atoms with Crippen LogP contribution >= 0.6 is 12.6 Å². The van der Waals surface area contributed by atoms with Gasteiger partial charge in [0.25, 0.3) is 0 Å². The highest BCUT2D eigenvalue weighted by Crippen LogP contribution is 2.30. The second kappa shape index (κ2) is 30.5. The Balaban J connectivity index is 1.68. The smallest absolute Gasteiger partial charge is 0.305 e. The van der Waals surface area contributed by atoms with Gasteiger partial charge in [0.05, 0.1) is 13.5 Å². The maximum Gasteiger partial charge on any atom is 0.305 e. The molecule has 1 fully saturated rings. The zero-order chi connectivity index (χ0) is 54.2. The van der Waals surface area contributed by atoms with E-state index in [0.29, 0.717) is 23.3 Å². The molecule has 6 atom stereocenters. The van der Waals surface area contributed by atoms with E-state index < -0.39 is 134 Å². The number of hydrogen-bond acceptors (Lipinski definition) is 12. The summed E-state index contributed by atoms with van der Waals surface area (Å²) >= 11 is 4.33. The third-order valence-electron chi connectivity index (χ3n) is 12.5. The van der Waals surface area contributed by atoms with Gasteiger partial charge in [-0.3, -0.25) is 47.9 Å². The highest BCUT2D eigenvalue weighted by Gasteiger charge is 2.39. The summed E-state index contributed by atoms with van der Waals surface area (Å²) in [7, 11) is 1.55. The van der Waals surface area contributed by atoms with Gasteiger partial charge in [-0.25, -0.2) is 0 Å². The molecule has 1 aliphatic rings. The van der Waals surface area contributed by atoms with Crippen LogP contribution in [0.3, 0.4) is 0 Å². The Labute approximate surface area is 434 Å². The van der Waals surface area contributed by atoms with Crippen molar-refractivity contribution in [1.82, 2.24) is 37.2 Å². The second-order valence-corrected chi connectivity index (χ2v) is 18.4. The number of ether oxygens (including phenoxy) is 1. The van der Waals surface area contributed by atoms with E-state index in [1.807, 2.05) is 12.1 Å². The largest absolute Gasteiger partial charge is 0.497 e. The fraction of sp³-hybridized carbons (Fsp3) is 0.462. The predicted octanol–water partition coefficient (Wildman–Crippen LogP) is 2.22. The molecule has 21 nitrogen and oxygen atoms in total. The number of nitrogens with one attached hydrogen (secondary N) is 7. The van der Waals surface area contributed by atoms with Crippen LogP contribution < -0.4 is 42.0 Å². The van der Waals surface area contributed by atoms with Crippen molar-refractivity contribution >= 4 is 71.9 Å². The summed E-state index contributed by atoms with van der Waals surface area (Å²) in [6.45, 7) is 1.27. The van der Waals surface area contributed by atoms with Crippen LogP contribution in [0.25, 0.3) is 0 Å². The van der Waals surface area contributed by atoms with Gasteiger partial charge in [-0.2, -0.15) is 12.6 Å². The van der Waals surface area contributed by atoms with Crippen LogP contribution in [0.4, 0.5) is 0 Å². The molecule has 0 spiro atoms. The standard InChI is InChI=1S/C52H67N7O14S/c1-31(60)54-40(29-44(65)66)51(71)55-38(23-25-43(63)64)49(69)59-46(45(34-14-8-4-9-15-34)35-16-10-5-11-17-35)52(72)56-37(22-24-42(61)62)48(68)57-39(28-33-12-6-3-7-13-33)50(70)58-41(30-74)47(67)53-27-26-32-18-20-36(73-2)21-19-32/h4-5,8-11,14-21,33,37-41,45-46,74H,3,6-7,12-13,22-30H2,1-2H3,(H,53,67)(H,54,60)(H,55,71)(H,56,72)(H,57,68)(H,58,70)(H,59,69)(H,61,62)(H,63,64)(H,65,66)/t37-,38-,39-,40-,41-,46-/m0/s1. The van der Waals surface area contributed by atoms with Gasteiger partial charge in [0.1, 0.15) is 42.0 Å². The van der Waals surface area contributed by atoms with E-state index >= 15 is 4.79 Å². The molecular weight excluding hydrogens is 979 g/mol. The zero-order valence-corrected chi connectivity index (χ0v) is 42.3. The average molecular weight is 1050 g/mol. The molecule has 7 amide bonds. The molecule has 74 heavy (non-hydrogen) atoms. The van der Waals surface area contributed by atoms with E-state index in [-0.39, 0.29) is 24.6 Å². The summed E-state index contributed by atoms with van der Waals surface area (Å²) in [5.74, 6) is -10.9. The second-order valence-electron chi connectivity index (χ2n) is 18.1. The monoisotopic (exact) mass is 1050 g/mol. The van der Waals surface area contributed by atoms with Crippen molar-refractivity contribution in [2.75, 3.05) is 19.4 Å². The lowest BCUT2D eigenvalue weighted by molar-refractivity contribution is -0.141. The highest BCUT2D eigenvalue weighted by atomic mass is 32.1. The lowest BCUT2D eigenvalue weighted by Crippen LogP contribution is -2.61. The minimum Gasteiger partial charge on any atom is -0.497 e. The maximum atomic E-state index is 15.0. The van der Waals surface area contributed by atoms with Crippen molar-refractivity contribution in [1.29, 1.82) is 0 Å². The minimum atomic E-state index is -1.73. The molecule has 0 saturated heterocycles. The zero-order valence-electron chi connectivity index (χ0n) is 41.4. The number of methoxy groups -OCH3 is 1. The van der Waals surface area contributed by atoms with Gasteiger partial charge in [-0.1, -0.05) is 105 Å². The lowest BCUT2D eigenvalue weighted by atomic mass is 9.84. The molecule has 0 bridgehead atoms. The molecule has 0 heterocycles. The number of thiol groups is 1. The van der Waals surface area contributed by atoms with Crippen LogP contribution in [0.5, 0.6) is 5.75 Å². The van der Waals surface area contributed by atoms with Crippen LogP contribution in [-0.2, 0) is 54.4 Å². The normalized spacial score (nSPS) is 14.8. The molecular formula is C52H67N7O14S. The van der Waals surface area contributed by atoms with Gasteiger partial charge >= 0.3 is 17.9 Å². The molecule has 0 aromatic heterocycles. The first-order chi connectivity index (χ1) is 35.4. The van der Waals surface area contributed by atoms with Crippen LogP contribution in [0.2, 0.25) is 0 Å². The summed E-state index contributed by atoms with van der Waals surface area (Å²) in [6, 6.07) is 15.0. The Bertz CT molecular complexity index is 2330. The molecule has 10 N–H and O–H groups in total. The van der Waals surface area contributed by atoms with E-state index in [0.717, 1.165) is 44.6 Å². The van der Waals surface area contributed by atoms with Gasteiger partial charge in [0.15, 0.2) is 0 Å². The fourth-order valence-electron chi connectivity index (χ4n) is 8.66. The number of carbonyl (C=O) groups is 10. The number of aliphatic carboxylic acids is 3. The molecule has 3 aromatic rings.